The average molecular weight is 876 g/mol. The number of rotatable bonds is 13. The summed E-state index contributed by atoms with van der Waals surface area (Å²) >= 11 is 0. The molecule has 8 rings (SSSR count). The number of anilines is 3. The summed E-state index contributed by atoms with van der Waals surface area (Å²) in [5.74, 6) is 0.235. The highest BCUT2D eigenvalue weighted by molar-refractivity contribution is 6.03. The first-order chi connectivity index (χ1) is 31.0. The van der Waals surface area contributed by atoms with Crippen molar-refractivity contribution < 1.29 is 43.6 Å². The molecule has 4 unspecified atom stereocenters. The van der Waals surface area contributed by atoms with Crippen LogP contribution in [0.1, 0.15) is 76.3 Å². The topological polar surface area (TPSA) is 212 Å². The van der Waals surface area contributed by atoms with Crippen molar-refractivity contribution in [3.05, 3.63) is 108 Å². The van der Waals surface area contributed by atoms with Crippen molar-refractivity contribution >= 4 is 53.4 Å². The third-order valence-corrected chi connectivity index (χ3v) is 11.0. The van der Waals surface area contributed by atoms with Gasteiger partial charge in [0.25, 0.3) is 5.91 Å². The normalized spacial score (nSPS) is 18.7. The molecule has 64 heavy (non-hydrogen) atoms. The molecule has 16 heteroatoms. The molecule has 0 saturated carbocycles. The van der Waals surface area contributed by atoms with Gasteiger partial charge in [-0.15, -0.1) is 0 Å². The molecule has 0 radical (unpaired) electrons. The molecule has 16 nitrogen and oxygen atoms in total. The number of fused-ring (bicyclic) bond motifs is 2. The molecule has 2 amide bonds. The third-order valence-electron chi connectivity index (χ3n) is 11.0. The van der Waals surface area contributed by atoms with Crippen LogP contribution in [-0.2, 0) is 23.6 Å². The largest absolute Gasteiger partial charge is 0.490 e. The third kappa shape index (κ3) is 12.5. The standard InChI is InChI=1S/C29H36N4O8.C12H12N2O.C7H9N/c1-32-15-18(9-20(32)16-34)31-27(37)6-4-8-39-25-13-24-23(29(38)33-7-3-2-5-19(33)14-30-24)12-26(25)41-28-11-21(36)10-22(17-35)40-28;1-14-7-10(6-12(14)8-15)9-2-4-11(13)5-3-9;1-8-7-5-3-2-4-6-7/h9,12-16,19,21-22,28,35-36H,2-8,10-11,17H2,1H3,(H,31,37);2-8H,13H2,1H3;2-6,8H,1H3. The fraction of sp³-hybridized carbons (Fsp3) is 0.354. The number of hydrogen-bond donors (Lipinski definition) is 5. The van der Waals surface area contributed by atoms with E-state index in [1.54, 1.807) is 40.6 Å². The molecule has 0 bridgehead atoms. The van der Waals surface area contributed by atoms with E-state index >= 15 is 0 Å². The van der Waals surface area contributed by atoms with Crippen LogP contribution >= 0.6 is 0 Å². The summed E-state index contributed by atoms with van der Waals surface area (Å²) in [6.45, 7) is 0.577. The summed E-state index contributed by atoms with van der Waals surface area (Å²) in [5.41, 5.74) is 12.1. The molecule has 5 aromatic rings. The van der Waals surface area contributed by atoms with E-state index in [1.807, 2.05) is 92.1 Å². The Balaban J connectivity index is 0.000000239. The molecule has 3 aliphatic heterocycles. The molecule has 4 atom stereocenters. The Morgan fingerprint density at radius 1 is 0.922 bits per heavy atom. The molecule has 0 spiro atoms. The summed E-state index contributed by atoms with van der Waals surface area (Å²) < 4.78 is 21.4. The van der Waals surface area contributed by atoms with Gasteiger partial charge >= 0.3 is 0 Å². The lowest BCUT2D eigenvalue weighted by Gasteiger charge is -2.33. The second kappa shape index (κ2) is 22.6. The van der Waals surface area contributed by atoms with Gasteiger partial charge in [0.05, 0.1) is 59.8 Å². The molecule has 5 heterocycles. The lowest BCUT2D eigenvalue weighted by molar-refractivity contribution is -0.185. The number of nitrogens with zero attached hydrogens (tertiary/aromatic N) is 4. The fourth-order valence-corrected chi connectivity index (χ4v) is 7.54. The number of carbonyl (C=O) groups is 4. The molecule has 0 aliphatic carbocycles. The van der Waals surface area contributed by atoms with Crippen LogP contribution in [0.2, 0.25) is 0 Å². The first-order valence-corrected chi connectivity index (χ1v) is 21.4. The van der Waals surface area contributed by atoms with E-state index in [-0.39, 0.29) is 49.7 Å². The quantitative estimate of drug-likeness (QED) is 0.0496. The van der Waals surface area contributed by atoms with E-state index in [9.17, 15) is 29.4 Å². The first-order valence-electron chi connectivity index (χ1n) is 21.4. The number of carbonyl (C=O) groups excluding carboxylic acids is 4. The van der Waals surface area contributed by atoms with Crippen LogP contribution in [0.5, 0.6) is 11.5 Å². The Bertz CT molecular complexity index is 2380. The fourth-order valence-electron chi connectivity index (χ4n) is 7.54. The summed E-state index contributed by atoms with van der Waals surface area (Å²) in [5, 5.41) is 25.6. The number of piperidine rings is 1. The maximum absolute atomic E-state index is 13.5. The van der Waals surface area contributed by atoms with Crippen LogP contribution in [0.4, 0.5) is 22.7 Å². The number of aliphatic hydroxyl groups is 2. The van der Waals surface area contributed by atoms with E-state index in [4.69, 9.17) is 19.9 Å². The number of ether oxygens (including phenoxy) is 3. The highest BCUT2D eigenvalue weighted by Crippen LogP contribution is 2.39. The molecule has 3 aromatic carbocycles. The summed E-state index contributed by atoms with van der Waals surface area (Å²) in [7, 11) is 5.49. The number of aryl methyl sites for hydroxylation is 2. The van der Waals surface area contributed by atoms with Gasteiger partial charge < -0.3 is 54.8 Å². The van der Waals surface area contributed by atoms with Crippen LogP contribution in [0, 0.1) is 0 Å². The number of amides is 2. The van der Waals surface area contributed by atoms with E-state index in [0.29, 0.717) is 53.5 Å². The van der Waals surface area contributed by atoms with E-state index < -0.39 is 18.5 Å². The summed E-state index contributed by atoms with van der Waals surface area (Å²) in [6.07, 6.45) is 8.72. The maximum atomic E-state index is 13.5. The van der Waals surface area contributed by atoms with Gasteiger partial charge in [0, 0.05) is 88.6 Å². The number of aliphatic hydroxyl groups excluding tert-OH is 2. The zero-order valence-electron chi connectivity index (χ0n) is 36.4. The van der Waals surface area contributed by atoms with Crippen molar-refractivity contribution in [1.82, 2.24) is 14.0 Å². The number of aromatic nitrogens is 2. The molecule has 2 fully saturated rings. The monoisotopic (exact) mass is 875 g/mol. The first kappa shape index (κ1) is 46.7. The Labute approximate surface area is 372 Å². The van der Waals surface area contributed by atoms with Gasteiger partial charge in [-0.3, -0.25) is 24.2 Å². The van der Waals surface area contributed by atoms with Crippen LogP contribution in [-0.4, -0.2) is 106 Å². The van der Waals surface area contributed by atoms with Gasteiger partial charge in [0.15, 0.2) is 24.1 Å². The second-order valence-electron chi connectivity index (χ2n) is 15.8. The minimum absolute atomic E-state index is 0.0646. The van der Waals surface area contributed by atoms with E-state index in [0.717, 1.165) is 54.3 Å². The van der Waals surface area contributed by atoms with Crippen molar-refractivity contribution in [3.8, 4) is 22.6 Å². The molecule has 2 aromatic heterocycles. The second-order valence-corrected chi connectivity index (χ2v) is 15.8. The minimum Gasteiger partial charge on any atom is -0.490 e. The molecule has 338 valence electrons. The number of para-hydroxylation sites is 1. The van der Waals surface area contributed by atoms with Crippen molar-refractivity contribution in [2.75, 3.05) is 43.2 Å². The van der Waals surface area contributed by atoms with Crippen molar-refractivity contribution in [1.29, 1.82) is 0 Å². The smallest absolute Gasteiger partial charge is 0.256 e. The van der Waals surface area contributed by atoms with Crippen molar-refractivity contribution in [3.63, 3.8) is 0 Å². The zero-order chi connectivity index (χ0) is 45.6. The maximum Gasteiger partial charge on any atom is 0.256 e. The van der Waals surface area contributed by atoms with Gasteiger partial charge in [0.1, 0.15) is 0 Å². The number of hydrogen-bond acceptors (Lipinski definition) is 12. The van der Waals surface area contributed by atoms with Gasteiger partial charge in [0.2, 0.25) is 12.2 Å². The predicted molar refractivity (Wildman–Crippen MR) is 246 cm³/mol. The molecular formula is C48H57N7O9. The van der Waals surface area contributed by atoms with Gasteiger partial charge in [-0.2, -0.15) is 0 Å². The summed E-state index contributed by atoms with van der Waals surface area (Å²) in [6, 6.07) is 24.3. The average Bonchev–Trinajstić information content (AvgIpc) is 3.83. The highest BCUT2D eigenvalue weighted by Gasteiger charge is 2.33. The number of nitrogens with one attached hydrogen (secondary N) is 2. The Morgan fingerprint density at radius 2 is 1.66 bits per heavy atom. The van der Waals surface area contributed by atoms with Crippen LogP contribution in [0.3, 0.4) is 0 Å². The zero-order valence-corrected chi connectivity index (χ0v) is 36.4. The highest BCUT2D eigenvalue weighted by atomic mass is 16.7. The van der Waals surface area contributed by atoms with Gasteiger partial charge in [-0.1, -0.05) is 30.3 Å². The van der Waals surface area contributed by atoms with Gasteiger partial charge in [-0.25, -0.2) is 0 Å². The number of nitrogens with two attached hydrogens (primary N) is 1. The van der Waals surface area contributed by atoms with Crippen LogP contribution < -0.4 is 25.8 Å². The Hall–Kier alpha value is -6.75. The lowest BCUT2D eigenvalue weighted by atomic mass is 10.0. The van der Waals surface area contributed by atoms with Crippen LogP contribution in [0.15, 0.2) is 96.2 Å². The van der Waals surface area contributed by atoms with Crippen molar-refractivity contribution in [2.24, 2.45) is 19.1 Å². The number of aldehydes is 2. The van der Waals surface area contributed by atoms with E-state index in [1.165, 1.54) is 0 Å². The van der Waals surface area contributed by atoms with E-state index in [2.05, 4.69) is 15.6 Å². The number of nitrogen functional groups attached to an aromatic ring is 1. The van der Waals surface area contributed by atoms with Crippen LogP contribution in [0.25, 0.3) is 11.1 Å². The molecular weight excluding hydrogens is 819 g/mol. The predicted octanol–water partition coefficient (Wildman–Crippen LogP) is 6.40. The van der Waals surface area contributed by atoms with Crippen molar-refractivity contribution in [2.45, 2.75) is 69.5 Å². The molecule has 3 aliphatic rings. The number of aliphatic imine (C=N–C) groups is 1. The Morgan fingerprint density at radius 3 is 2.33 bits per heavy atom. The SMILES string of the molecule is CNc1ccccc1.Cn1cc(-c2ccc(N)cc2)cc1C=O.Cn1cc(NC(=O)CCCOc2cc3c(cc2OC2CC(O)CC(CO)O2)C(=O)N2CCCCC2C=N3)cc1C=O. The minimum atomic E-state index is -0.851. The molecule has 6 N–H and O–H groups in total. The Kier molecular flexibility index (Phi) is 16.5. The lowest BCUT2D eigenvalue weighted by Crippen LogP contribution is -2.43. The summed E-state index contributed by atoms with van der Waals surface area (Å²) in [4.78, 5) is 54.1. The molecule has 2 saturated heterocycles. The van der Waals surface area contributed by atoms with Gasteiger partial charge in [-0.05, 0) is 73.7 Å². The number of benzene rings is 3.